The van der Waals surface area contributed by atoms with Gasteiger partial charge in [0.25, 0.3) is 0 Å². The van der Waals surface area contributed by atoms with E-state index in [4.69, 9.17) is 0 Å². The number of rotatable bonds is 2. The summed E-state index contributed by atoms with van der Waals surface area (Å²) in [5.41, 5.74) is 0. The van der Waals surface area contributed by atoms with Crippen LogP contribution in [0.5, 0.6) is 0 Å². The van der Waals surface area contributed by atoms with Crippen LogP contribution in [0.1, 0.15) is 6.42 Å². The fraction of sp³-hybridized carbons (Fsp3) is 0.889. The second-order valence-electron chi connectivity index (χ2n) is 3.88. The van der Waals surface area contributed by atoms with Gasteiger partial charge in [0, 0.05) is 19.1 Å². The SMILES string of the molecule is COC(=O)CN1C[C@H]2CCN[C@H]2C1. The average molecular weight is 184 g/mol. The molecule has 0 radical (unpaired) electrons. The van der Waals surface area contributed by atoms with Gasteiger partial charge in [0.1, 0.15) is 0 Å². The molecule has 0 aromatic rings. The van der Waals surface area contributed by atoms with E-state index in [1.54, 1.807) is 0 Å². The summed E-state index contributed by atoms with van der Waals surface area (Å²) < 4.78 is 4.63. The highest BCUT2D eigenvalue weighted by atomic mass is 16.5. The Morgan fingerprint density at radius 1 is 1.62 bits per heavy atom. The van der Waals surface area contributed by atoms with E-state index in [-0.39, 0.29) is 5.97 Å². The normalized spacial score (nSPS) is 33.3. The van der Waals surface area contributed by atoms with E-state index in [0.29, 0.717) is 12.6 Å². The third kappa shape index (κ3) is 1.84. The molecule has 2 aliphatic heterocycles. The Labute approximate surface area is 78.2 Å². The van der Waals surface area contributed by atoms with Crippen molar-refractivity contribution < 1.29 is 9.53 Å². The Morgan fingerprint density at radius 3 is 3.15 bits per heavy atom. The molecule has 74 valence electrons. The lowest BCUT2D eigenvalue weighted by Crippen LogP contribution is -2.33. The zero-order valence-electron chi connectivity index (χ0n) is 7.95. The number of esters is 1. The maximum Gasteiger partial charge on any atom is 0.319 e. The van der Waals surface area contributed by atoms with Gasteiger partial charge < -0.3 is 10.1 Å². The summed E-state index contributed by atoms with van der Waals surface area (Å²) in [6, 6.07) is 0.615. The number of nitrogens with one attached hydrogen (secondary N) is 1. The largest absolute Gasteiger partial charge is 0.468 e. The minimum absolute atomic E-state index is 0.125. The van der Waals surface area contributed by atoms with Crippen LogP contribution in [0, 0.1) is 5.92 Å². The highest BCUT2D eigenvalue weighted by Gasteiger charge is 2.36. The number of ether oxygens (including phenoxy) is 1. The summed E-state index contributed by atoms with van der Waals surface area (Å²) >= 11 is 0. The first-order chi connectivity index (χ1) is 6.29. The second kappa shape index (κ2) is 3.64. The molecule has 2 heterocycles. The van der Waals surface area contributed by atoms with Crippen molar-refractivity contribution in [3.8, 4) is 0 Å². The maximum absolute atomic E-state index is 11.0. The minimum atomic E-state index is -0.125. The molecule has 2 atom stereocenters. The van der Waals surface area contributed by atoms with E-state index in [1.807, 2.05) is 0 Å². The number of methoxy groups -OCH3 is 1. The molecule has 4 heteroatoms. The third-order valence-corrected chi connectivity index (χ3v) is 3.02. The average Bonchev–Trinajstić information content (AvgIpc) is 2.63. The van der Waals surface area contributed by atoms with Gasteiger partial charge in [-0.05, 0) is 18.9 Å². The van der Waals surface area contributed by atoms with E-state index in [1.165, 1.54) is 13.5 Å². The Balaban J connectivity index is 1.82. The quantitative estimate of drug-likeness (QED) is 0.585. The van der Waals surface area contributed by atoms with Gasteiger partial charge in [0.15, 0.2) is 0 Å². The van der Waals surface area contributed by atoms with Crippen LogP contribution in [0.3, 0.4) is 0 Å². The summed E-state index contributed by atoms with van der Waals surface area (Å²) in [6.45, 7) is 3.64. The number of hydrogen-bond donors (Lipinski definition) is 1. The van der Waals surface area contributed by atoms with Crippen LogP contribution in [0.15, 0.2) is 0 Å². The van der Waals surface area contributed by atoms with Crippen molar-refractivity contribution in [3.05, 3.63) is 0 Å². The van der Waals surface area contributed by atoms with Crippen LogP contribution in [-0.4, -0.2) is 50.2 Å². The summed E-state index contributed by atoms with van der Waals surface area (Å²) in [4.78, 5) is 13.2. The van der Waals surface area contributed by atoms with Crippen LogP contribution < -0.4 is 5.32 Å². The van der Waals surface area contributed by atoms with Crippen molar-refractivity contribution in [2.24, 2.45) is 5.92 Å². The molecule has 1 N–H and O–H groups in total. The van der Waals surface area contributed by atoms with E-state index in [2.05, 4.69) is 15.0 Å². The third-order valence-electron chi connectivity index (χ3n) is 3.02. The van der Waals surface area contributed by atoms with E-state index in [0.717, 1.165) is 25.6 Å². The zero-order chi connectivity index (χ0) is 9.26. The van der Waals surface area contributed by atoms with Crippen molar-refractivity contribution >= 4 is 5.97 Å². The smallest absolute Gasteiger partial charge is 0.319 e. The van der Waals surface area contributed by atoms with Crippen LogP contribution in [0.2, 0.25) is 0 Å². The predicted molar refractivity (Wildman–Crippen MR) is 48.4 cm³/mol. The fourth-order valence-electron chi connectivity index (χ4n) is 2.31. The van der Waals surface area contributed by atoms with Crippen molar-refractivity contribution in [1.29, 1.82) is 0 Å². The lowest BCUT2D eigenvalue weighted by molar-refractivity contribution is -0.141. The highest BCUT2D eigenvalue weighted by molar-refractivity contribution is 5.71. The Kier molecular flexibility index (Phi) is 2.51. The first kappa shape index (κ1) is 8.97. The highest BCUT2D eigenvalue weighted by Crippen LogP contribution is 2.23. The van der Waals surface area contributed by atoms with E-state index in [9.17, 15) is 4.79 Å². The fourth-order valence-corrected chi connectivity index (χ4v) is 2.31. The van der Waals surface area contributed by atoms with Gasteiger partial charge in [0.05, 0.1) is 13.7 Å². The molecule has 0 aromatic carbocycles. The van der Waals surface area contributed by atoms with Gasteiger partial charge in [-0.25, -0.2) is 0 Å². The molecule has 0 amide bonds. The molecule has 4 nitrogen and oxygen atoms in total. The molecule has 2 fully saturated rings. The molecule has 2 aliphatic rings. The van der Waals surface area contributed by atoms with Crippen LogP contribution in [-0.2, 0) is 9.53 Å². The topological polar surface area (TPSA) is 41.6 Å². The van der Waals surface area contributed by atoms with Gasteiger partial charge >= 0.3 is 5.97 Å². The number of hydrogen-bond acceptors (Lipinski definition) is 4. The number of nitrogens with zero attached hydrogens (tertiary/aromatic N) is 1. The van der Waals surface area contributed by atoms with Gasteiger partial charge in [-0.15, -0.1) is 0 Å². The lowest BCUT2D eigenvalue weighted by Gasteiger charge is -2.14. The van der Waals surface area contributed by atoms with Gasteiger partial charge in [-0.2, -0.15) is 0 Å². The Bertz CT molecular complexity index is 196. The van der Waals surface area contributed by atoms with Crippen molar-refractivity contribution in [2.75, 3.05) is 33.3 Å². The summed E-state index contributed by atoms with van der Waals surface area (Å²) in [6.07, 6.45) is 1.25. The predicted octanol–water partition coefficient (Wildman–Crippen LogP) is -0.547. The first-order valence-electron chi connectivity index (χ1n) is 4.82. The summed E-state index contributed by atoms with van der Waals surface area (Å²) in [7, 11) is 1.44. The number of carbonyl (C=O) groups excluding carboxylic acids is 1. The van der Waals surface area contributed by atoms with Crippen molar-refractivity contribution in [2.45, 2.75) is 12.5 Å². The minimum Gasteiger partial charge on any atom is -0.468 e. The molecule has 0 unspecified atom stereocenters. The molecule has 2 rings (SSSR count). The number of fused-ring (bicyclic) bond motifs is 1. The zero-order valence-corrected chi connectivity index (χ0v) is 7.95. The molecular weight excluding hydrogens is 168 g/mol. The van der Waals surface area contributed by atoms with Gasteiger partial charge in [-0.1, -0.05) is 0 Å². The van der Waals surface area contributed by atoms with E-state index < -0.39 is 0 Å². The molecule has 0 spiro atoms. The Morgan fingerprint density at radius 2 is 2.46 bits per heavy atom. The number of likely N-dealkylation sites (tertiary alicyclic amines) is 1. The van der Waals surface area contributed by atoms with Crippen LogP contribution in [0.4, 0.5) is 0 Å². The Hall–Kier alpha value is -0.610. The number of carbonyl (C=O) groups is 1. The molecule has 0 aliphatic carbocycles. The van der Waals surface area contributed by atoms with Crippen LogP contribution in [0.25, 0.3) is 0 Å². The summed E-state index contributed by atoms with van der Waals surface area (Å²) in [5, 5.41) is 3.45. The van der Waals surface area contributed by atoms with Crippen molar-refractivity contribution in [1.82, 2.24) is 10.2 Å². The lowest BCUT2D eigenvalue weighted by atomic mass is 10.1. The molecule has 13 heavy (non-hydrogen) atoms. The maximum atomic E-state index is 11.0. The van der Waals surface area contributed by atoms with Gasteiger partial charge in [0.2, 0.25) is 0 Å². The standard InChI is InChI=1S/C9H16N2O2/c1-13-9(12)6-11-4-7-2-3-10-8(7)5-11/h7-8,10H,2-6H2,1H3/t7-,8+/m1/s1. The monoisotopic (exact) mass is 184 g/mol. The van der Waals surface area contributed by atoms with Gasteiger partial charge in [-0.3, -0.25) is 9.69 Å². The molecule has 0 saturated carbocycles. The molecular formula is C9H16N2O2. The van der Waals surface area contributed by atoms with E-state index >= 15 is 0 Å². The molecule has 0 bridgehead atoms. The first-order valence-corrected chi connectivity index (χ1v) is 4.82. The van der Waals surface area contributed by atoms with Crippen LogP contribution >= 0.6 is 0 Å². The molecule has 2 saturated heterocycles. The summed E-state index contributed by atoms with van der Waals surface area (Å²) in [5.74, 6) is 0.629. The van der Waals surface area contributed by atoms with Crippen molar-refractivity contribution in [3.63, 3.8) is 0 Å². The molecule has 0 aromatic heterocycles. The second-order valence-corrected chi connectivity index (χ2v) is 3.88.